The molecule has 0 radical (unpaired) electrons. The first-order valence-electron chi connectivity index (χ1n) is 9.59. The van der Waals surface area contributed by atoms with Gasteiger partial charge in [0.1, 0.15) is 29.6 Å². The van der Waals surface area contributed by atoms with E-state index in [4.69, 9.17) is 21.6 Å². The van der Waals surface area contributed by atoms with E-state index in [1.807, 2.05) is 0 Å². The standard InChI is InChI=1S/C20H28N6O5.ClH/c1-19(2,3)31-16(28)13(21)9-24-14(27)10-26-17(29)20(4,25-18(26)30)12-7-5-11(6-8-12)15(22)23;/h5-8,13H,9-10,21H2,1-4H3,(H3,22,23)(H,24,27)(H,25,30);1H/t13?,20-;/m0./s1. The molecule has 1 aliphatic heterocycles. The number of ether oxygens (including phenoxy) is 1. The molecule has 2 atom stereocenters. The van der Waals surface area contributed by atoms with E-state index in [2.05, 4.69) is 10.6 Å². The number of carbonyl (C=O) groups excluding carboxylic acids is 4. The normalized spacial score (nSPS) is 19.0. The average Bonchev–Trinajstić information content (AvgIpc) is 2.88. The van der Waals surface area contributed by atoms with Gasteiger partial charge in [-0.15, -0.1) is 12.4 Å². The lowest BCUT2D eigenvalue weighted by Crippen LogP contribution is -2.48. The Labute approximate surface area is 192 Å². The molecule has 1 unspecified atom stereocenters. The number of nitrogens with one attached hydrogen (secondary N) is 3. The number of amidine groups is 1. The predicted molar refractivity (Wildman–Crippen MR) is 119 cm³/mol. The molecule has 0 aliphatic carbocycles. The first-order chi connectivity index (χ1) is 14.2. The Balaban J connectivity index is 0.00000512. The van der Waals surface area contributed by atoms with Crippen molar-refractivity contribution >= 4 is 42.1 Å². The van der Waals surface area contributed by atoms with E-state index in [0.29, 0.717) is 11.1 Å². The van der Waals surface area contributed by atoms with E-state index in [1.165, 1.54) is 6.92 Å². The molecule has 1 heterocycles. The highest BCUT2D eigenvalue weighted by molar-refractivity contribution is 6.09. The fourth-order valence-corrected chi connectivity index (χ4v) is 2.90. The van der Waals surface area contributed by atoms with E-state index in [-0.39, 0.29) is 24.8 Å². The molecule has 0 aromatic heterocycles. The number of benzene rings is 1. The molecule has 12 heteroatoms. The number of imide groups is 1. The molecule has 2 rings (SSSR count). The minimum atomic E-state index is -1.38. The number of nitrogen functional groups attached to an aromatic ring is 1. The Kier molecular flexibility index (Phi) is 8.36. The lowest BCUT2D eigenvalue weighted by Gasteiger charge is -2.23. The van der Waals surface area contributed by atoms with E-state index < -0.39 is 47.5 Å². The van der Waals surface area contributed by atoms with Crippen molar-refractivity contribution in [2.24, 2.45) is 11.5 Å². The number of nitrogens with two attached hydrogens (primary N) is 2. The van der Waals surface area contributed by atoms with Gasteiger partial charge in [-0.3, -0.25) is 24.7 Å². The molecule has 11 nitrogen and oxygen atoms in total. The molecular formula is C20H29ClN6O5. The number of esters is 1. The molecule has 0 saturated carbocycles. The predicted octanol–water partition coefficient (Wildman–Crippen LogP) is -0.0553. The molecule has 4 amide bonds. The van der Waals surface area contributed by atoms with E-state index in [1.54, 1.807) is 45.0 Å². The lowest BCUT2D eigenvalue weighted by atomic mass is 9.91. The van der Waals surface area contributed by atoms with Gasteiger partial charge in [0.2, 0.25) is 5.91 Å². The molecular weight excluding hydrogens is 440 g/mol. The van der Waals surface area contributed by atoms with Crippen LogP contribution in [0.5, 0.6) is 0 Å². The Hall–Kier alpha value is -3.18. The van der Waals surface area contributed by atoms with Gasteiger partial charge in [0.15, 0.2) is 0 Å². The maximum absolute atomic E-state index is 12.9. The Morgan fingerprint density at radius 1 is 1.25 bits per heavy atom. The highest BCUT2D eigenvalue weighted by atomic mass is 35.5. The Bertz CT molecular complexity index is 914. The molecule has 176 valence electrons. The van der Waals surface area contributed by atoms with Gasteiger partial charge < -0.3 is 26.8 Å². The number of carbonyl (C=O) groups is 4. The van der Waals surface area contributed by atoms with E-state index in [0.717, 1.165) is 4.90 Å². The smallest absolute Gasteiger partial charge is 0.325 e. The zero-order chi connectivity index (χ0) is 23.6. The van der Waals surface area contributed by atoms with Crippen LogP contribution < -0.4 is 22.1 Å². The van der Waals surface area contributed by atoms with Crippen LogP contribution in [0, 0.1) is 5.41 Å². The second kappa shape index (κ2) is 9.96. The van der Waals surface area contributed by atoms with Gasteiger partial charge in [-0.2, -0.15) is 0 Å². The summed E-state index contributed by atoms with van der Waals surface area (Å²) in [7, 11) is 0. The Morgan fingerprint density at radius 3 is 2.31 bits per heavy atom. The minimum absolute atomic E-state index is 0. The molecule has 1 fully saturated rings. The van der Waals surface area contributed by atoms with Crippen molar-refractivity contribution in [2.75, 3.05) is 13.1 Å². The Morgan fingerprint density at radius 2 is 1.81 bits per heavy atom. The third-order valence-electron chi connectivity index (χ3n) is 4.58. The van der Waals surface area contributed by atoms with Crippen molar-refractivity contribution in [3.05, 3.63) is 35.4 Å². The van der Waals surface area contributed by atoms with Gasteiger partial charge >= 0.3 is 12.0 Å². The fraction of sp³-hybridized carbons (Fsp3) is 0.450. The van der Waals surface area contributed by atoms with Gasteiger partial charge in [0.05, 0.1) is 0 Å². The van der Waals surface area contributed by atoms with Gasteiger partial charge in [0.25, 0.3) is 5.91 Å². The second-order valence-corrected chi connectivity index (χ2v) is 8.38. The summed E-state index contributed by atoms with van der Waals surface area (Å²) in [4.78, 5) is 50.1. The molecule has 32 heavy (non-hydrogen) atoms. The van der Waals surface area contributed by atoms with Gasteiger partial charge in [-0.1, -0.05) is 24.3 Å². The quantitative estimate of drug-likeness (QED) is 0.161. The summed E-state index contributed by atoms with van der Waals surface area (Å²) in [5.41, 5.74) is 10.0. The van der Waals surface area contributed by atoms with Crippen molar-refractivity contribution in [1.82, 2.24) is 15.5 Å². The van der Waals surface area contributed by atoms with Crippen molar-refractivity contribution in [3.8, 4) is 0 Å². The van der Waals surface area contributed by atoms with Crippen LogP contribution >= 0.6 is 12.4 Å². The molecule has 1 aromatic carbocycles. The maximum atomic E-state index is 12.9. The number of urea groups is 1. The fourth-order valence-electron chi connectivity index (χ4n) is 2.90. The lowest BCUT2D eigenvalue weighted by molar-refractivity contribution is -0.156. The highest BCUT2D eigenvalue weighted by Crippen LogP contribution is 2.28. The van der Waals surface area contributed by atoms with Crippen LogP contribution in [0.4, 0.5) is 4.79 Å². The van der Waals surface area contributed by atoms with Crippen LogP contribution in [0.15, 0.2) is 24.3 Å². The van der Waals surface area contributed by atoms with Crippen LogP contribution in [-0.2, 0) is 24.7 Å². The number of halogens is 1. The van der Waals surface area contributed by atoms with Gasteiger partial charge in [0, 0.05) is 12.1 Å². The van der Waals surface area contributed by atoms with Crippen molar-refractivity contribution in [1.29, 1.82) is 5.41 Å². The van der Waals surface area contributed by atoms with Gasteiger partial charge in [-0.05, 0) is 33.3 Å². The zero-order valence-electron chi connectivity index (χ0n) is 18.4. The van der Waals surface area contributed by atoms with Crippen LogP contribution in [-0.4, -0.2) is 59.3 Å². The summed E-state index contributed by atoms with van der Waals surface area (Å²) in [6.07, 6.45) is 0. The number of nitrogens with zero attached hydrogens (tertiary/aromatic N) is 1. The monoisotopic (exact) mass is 468 g/mol. The van der Waals surface area contributed by atoms with Crippen LogP contribution in [0.2, 0.25) is 0 Å². The summed E-state index contributed by atoms with van der Waals surface area (Å²) in [6.45, 7) is 5.86. The maximum Gasteiger partial charge on any atom is 0.325 e. The van der Waals surface area contributed by atoms with Crippen LogP contribution in [0.1, 0.15) is 38.8 Å². The molecule has 0 bridgehead atoms. The van der Waals surface area contributed by atoms with Crippen molar-refractivity contribution in [2.45, 2.75) is 44.9 Å². The van der Waals surface area contributed by atoms with Crippen molar-refractivity contribution < 1.29 is 23.9 Å². The molecule has 1 aromatic rings. The molecule has 0 spiro atoms. The third-order valence-corrected chi connectivity index (χ3v) is 4.58. The molecule has 7 N–H and O–H groups in total. The summed E-state index contributed by atoms with van der Waals surface area (Å²) < 4.78 is 5.13. The largest absolute Gasteiger partial charge is 0.459 e. The SMILES string of the molecule is CC(C)(C)OC(=O)C(N)CNC(=O)CN1C(=O)N[C@@](C)(c2ccc(C(=N)N)cc2)C1=O.Cl. The van der Waals surface area contributed by atoms with E-state index >= 15 is 0 Å². The van der Waals surface area contributed by atoms with Crippen LogP contribution in [0.25, 0.3) is 0 Å². The minimum Gasteiger partial charge on any atom is -0.459 e. The summed E-state index contributed by atoms with van der Waals surface area (Å²) >= 11 is 0. The topological polar surface area (TPSA) is 181 Å². The summed E-state index contributed by atoms with van der Waals surface area (Å²) in [5.74, 6) is -2.07. The first-order valence-corrected chi connectivity index (χ1v) is 9.59. The summed E-state index contributed by atoms with van der Waals surface area (Å²) in [5, 5.41) is 12.4. The summed E-state index contributed by atoms with van der Waals surface area (Å²) in [6, 6.07) is 4.48. The highest BCUT2D eigenvalue weighted by Gasteiger charge is 2.49. The van der Waals surface area contributed by atoms with Gasteiger partial charge in [-0.25, -0.2) is 4.79 Å². The van der Waals surface area contributed by atoms with E-state index in [9.17, 15) is 19.2 Å². The number of hydrogen-bond acceptors (Lipinski definition) is 7. The second-order valence-electron chi connectivity index (χ2n) is 8.38. The first kappa shape index (κ1) is 26.9. The van der Waals surface area contributed by atoms with Crippen molar-refractivity contribution in [3.63, 3.8) is 0 Å². The van der Waals surface area contributed by atoms with Crippen LogP contribution in [0.3, 0.4) is 0 Å². The molecule has 1 saturated heterocycles. The number of amides is 4. The number of rotatable bonds is 7. The average molecular weight is 469 g/mol. The number of hydrogen-bond donors (Lipinski definition) is 5. The third kappa shape index (κ3) is 6.17. The zero-order valence-corrected chi connectivity index (χ0v) is 19.2. The molecule has 1 aliphatic rings.